The highest BCUT2D eigenvalue weighted by atomic mass is 32.2. The quantitative estimate of drug-likeness (QED) is 0.169. The Kier molecular flexibility index (Phi) is 8.62. The maximum atomic E-state index is 12.0. The average Bonchev–Trinajstić information content (AvgIpc) is 3.31. The van der Waals surface area contributed by atoms with Crippen molar-refractivity contribution in [2.45, 2.75) is 24.4 Å². The third-order valence-electron chi connectivity index (χ3n) is 5.59. The Labute approximate surface area is 222 Å². The van der Waals surface area contributed by atoms with Crippen molar-refractivity contribution in [3.63, 3.8) is 0 Å². The molecule has 0 aliphatic carbocycles. The van der Waals surface area contributed by atoms with E-state index in [1.54, 1.807) is 12.1 Å². The number of carboxylic acid groups (broad SMARTS) is 1. The van der Waals surface area contributed by atoms with Crippen LogP contribution in [0.3, 0.4) is 0 Å². The highest BCUT2D eigenvalue weighted by Gasteiger charge is 2.38. The fraction of sp³-hybridized carbons (Fsp3) is 0.111. The minimum absolute atomic E-state index is 0.0540. The monoisotopic (exact) mass is 558 g/mol. The van der Waals surface area contributed by atoms with Gasteiger partial charge >= 0.3 is 12.1 Å². The van der Waals surface area contributed by atoms with Crippen LogP contribution >= 0.6 is 0 Å². The Morgan fingerprint density at radius 3 is 2.15 bits per heavy atom. The van der Waals surface area contributed by atoms with E-state index in [0.29, 0.717) is 17.5 Å². The first-order valence-corrected chi connectivity index (χ1v) is 12.8. The molecule has 0 radical (unpaired) electrons. The van der Waals surface area contributed by atoms with Crippen LogP contribution in [0.5, 0.6) is 0 Å². The first kappa shape index (κ1) is 29.1. The van der Waals surface area contributed by atoms with E-state index in [-0.39, 0.29) is 10.7 Å². The minimum atomic E-state index is -5.08. The smallest absolute Gasteiger partial charge is 0.475 e. The van der Waals surface area contributed by atoms with Gasteiger partial charge in [0.15, 0.2) is 0 Å². The second-order valence-corrected chi connectivity index (χ2v) is 10.2. The molecule has 4 aromatic rings. The van der Waals surface area contributed by atoms with Crippen LogP contribution in [0.1, 0.15) is 22.4 Å². The third kappa shape index (κ3) is 7.79. The number of carboxylic acids is 1. The number of H-pyrrole nitrogens is 1. The summed E-state index contributed by atoms with van der Waals surface area (Å²) >= 11 is 0. The van der Waals surface area contributed by atoms with Gasteiger partial charge in [0, 0.05) is 29.4 Å². The van der Waals surface area contributed by atoms with Crippen LogP contribution in [0, 0.1) is 12.3 Å². The van der Waals surface area contributed by atoms with Crippen LogP contribution in [0.25, 0.3) is 22.3 Å². The summed E-state index contributed by atoms with van der Waals surface area (Å²) in [6.07, 6.45) is -2.44. The lowest BCUT2D eigenvalue weighted by atomic mass is 10.00. The molecule has 1 heterocycles. The van der Waals surface area contributed by atoms with Gasteiger partial charge in [-0.25, -0.2) is 18.4 Å². The van der Waals surface area contributed by atoms with Gasteiger partial charge in [0.25, 0.3) is 0 Å². The summed E-state index contributed by atoms with van der Waals surface area (Å²) in [4.78, 5) is 12.3. The Bertz CT molecular complexity index is 1610. The molecule has 1 aromatic heterocycles. The Hall–Kier alpha value is -4.42. The van der Waals surface area contributed by atoms with E-state index in [1.165, 1.54) is 0 Å². The molecule has 3 aromatic carbocycles. The largest absolute Gasteiger partial charge is 0.490 e. The Morgan fingerprint density at radius 2 is 1.59 bits per heavy atom. The fourth-order valence-corrected chi connectivity index (χ4v) is 4.48. The number of benzene rings is 3. The standard InChI is InChI=1S/C25H24N4O2S.C2HF3O2/c1-16-5-10-24(32(28,30)31)23(11-16)19-8-6-18(7-9-19)21-14-22(29-15-21)13-17-3-2-4-20(12-17)25(26)27;3-2(4,5)1(6)7/h2-12,14-15,29H,13H2,1H3,(H3,26,27)(H2,28,30,31);(H,6,7). The molecule has 204 valence electrons. The number of hydrogen-bond donors (Lipinski definition) is 5. The van der Waals surface area contributed by atoms with Gasteiger partial charge in [0.2, 0.25) is 10.0 Å². The number of aromatic nitrogens is 1. The number of nitrogens with one attached hydrogen (secondary N) is 2. The van der Waals surface area contributed by atoms with Crippen molar-refractivity contribution in [2.24, 2.45) is 10.9 Å². The summed E-state index contributed by atoms with van der Waals surface area (Å²) in [5.74, 6) is -2.70. The molecule has 8 nitrogen and oxygen atoms in total. The van der Waals surface area contributed by atoms with E-state index >= 15 is 0 Å². The number of amidine groups is 1. The number of primary sulfonamides is 1. The van der Waals surface area contributed by atoms with Crippen molar-refractivity contribution >= 4 is 21.8 Å². The third-order valence-corrected chi connectivity index (χ3v) is 6.56. The maximum Gasteiger partial charge on any atom is 0.490 e. The first-order valence-electron chi connectivity index (χ1n) is 11.3. The van der Waals surface area contributed by atoms with E-state index in [4.69, 9.17) is 26.2 Å². The summed E-state index contributed by atoms with van der Waals surface area (Å²) in [5.41, 5.74) is 12.8. The van der Waals surface area contributed by atoms with Gasteiger partial charge in [-0.05, 0) is 47.4 Å². The number of nitrogens with two attached hydrogens (primary N) is 2. The van der Waals surface area contributed by atoms with Gasteiger partial charge < -0.3 is 15.8 Å². The first-order chi connectivity index (χ1) is 18.1. The molecule has 0 atom stereocenters. The van der Waals surface area contributed by atoms with Crippen LogP contribution in [0.15, 0.2) is 83.9 Å². The van der Waals surface area contributed by atoms with Crippen molar-refractivity contribution in [3.8, 4) is 22.3 Å². The number of alkyl halides is 3. The van der Waals surface area contributed by atoms with Gasteiger partial charge in [0.05, 0.1) is 4.90 Å². The van der Waals surface area contributed by atoms with Crippen LogP contribution in [0.2, 0.25) is 0 Å². The number of hydrogen-bond acceptors (Lipinski definition) is 4. The molecule has 0 spiro atoms. The SMILES string of the molecule is Cc1ccc(S(N)(=O)=O)c(-c2ccc(-c3c[nH]c(Cc4cccc(C(=N)N)c4)c3)cc2)c1.O=C(O)C(F)(F)F. The molecule has 39 heavy (non-hydrogen) atoms. The van der Waals surface area contributed by atoms with Crippen LogP contribution in [-0.4, -0.2) is 36.5 Å². The van der Waals surface area contributed by atoms with E-state index < -0.39 is 22.2 Å². The number of aromatic amines is 1. The summed E-state index contributed by atoms with van der Waals surface area (Å²) < 4.78 is 55.7. The van der Waals surface area contributed by atoms with Gasteiger partial charge in [0.1, 0.15) is 5.84 Å². The molecule has 12 heteroatoms. The Balaban J connectivity index is 0.000000532. The number of aliphatic carboxylic acids is 1. The van der Waals surface area contributed by atoms with Crippen LogP contribution in [0.4, 0.5) is 13.2 Å². The molecule has 0 amide bonds. The number of sulfonamides is 1. The lowest BCUT2D eigenvalue weighted by Crippen LogP contribution is -2.21. The predicted octanol–water partition coefficient (Wildman–Crippen LogP) is 4.81. The molecule has 0 fully saturated rings. The number of carbonyl (C=O) groups is 1. The highest BCUT2D eigenvalue weighted by Crippen LogP contribution is 2.30. The molecule has 4 rings (SSSR count). The summed E-state index contributed by atoms with van der Waals surface area (Å²) in [6, 6.07) is 22.6. The number of rotatable bonds is 6. The number of aryl methyl sites for hydroxylation is 1. The zero-order valence-electron chi connectivity index (χ0n) is 20.6. The normalized spacial score (nSPS) is 11.4. The van der Waals surface area contributed by atoms with E-state index in [0.717, 1.165) is 33.5 Å². The van der Waals surface area contributed by atoms with E-state index in [2.05, 4.69) is 11.1 Å². The molecule has 0 saturated carbocycles. The second-order valence-electron chi connectivity index (χ2n) is 8.63. The molecule has 7 N–H and O–H groups in total. The molecule has 0 bridgehead atoms. The van der Waals surface area contributed by atoms with Crippen molar-refractivity contribution in [1.82, 2.24) is 4.98 Å². The van der Waals surface area contributed by atoms with Gasteiger partial charge in [-0.15, -0.1) is 0 Å². The second kappa shape index (κ2) is 11.5. The topological polar surface area (TPSA) is 163 Å². The van der Waals surface area contributed by atoms with Gasteiger partial charge in [-0.2, -0.15) is 13.2 Å². The molecular formula is C27H25F3N4O4S. The minimum Gasteiger partial charge on any atom is -0.475 e. The van der Waals surface area contributed by atoms with Crippen molar-refractivity contribution < 1.29 is 31.5 Å². The predicted molar refractivity (Wildman–Crippen MR) is 142 cm³/mol. The van der Waals surface area contributed by atoms with Crippen molar-refractivity contribution in [3.05, 3.63) is 101 Å². The zero-order chi connectivity index (χ0) is 29.0. The van der Waals surface area contributed by atoms with Crippen molar-refractivity contribution in [2.75, 3.05) is 0 Å². The summed E-state index contributed by atoms with van der Waals surface area (Å²) in [5, 5.41) is 20.1. The van der Waals surface area contributed by atoms with Crippen molar-refractivity contribution in [1.29, 1.82) is 5.41 Å². The lowest BCUT2D eigenvalue weighted by Gasteiger charge is -2.10. The summed E-state index contributed by atoms with van der Waals surface area (Å²) in [6.45, 7) is 1.91. The van der Waals surface area contributed by atoms with Crippen LogP contribution in [-0.2, 0) is 21.2 Å². The molecule has 0 saturated heterocycles. The zero-order valence-corrected chi connectivity index (χ0v) is 21.4. The highest BCUT2D eigenvalue weighted by molar-refractivity contribution is 7.89. The molecular weight excluding hydrogens is 533 g/mol. The maximum absolute atomic E-state index is 12.0. The molecule has 0 aliphatic rings. The molecule has 0 unspecified atom stereocenters. The van der Waals surface area contributed by atoms with E-state index in [1.807, 2.05) is 67.7 Å². The van der Waals surface area contributed by atoms with E-state index in [9.17, 15) is 21.6 Å². The number of nitrogen functional groups attached to an aromatic ring is 1. The summed E-state index contributed by atoms with van der Waals surface area (Å²) in [7, 11) is -3.82. The average molecular weight is 559 g/mol. The Morgan fingerprint density at radius 1 is 0.974 bits per heavy atom. The van der Waals surface area contributed by atoms with Gasteiger partial charge in [-0.3, -0.25) is 5.41 Å². The van der Waals surface area contributed by atoms with Gasteiger partial charge in [-0.1, -0.05) is 60.2 Å². The van der Waals surface area contributed by atoms with Crippen LogP contribution < -0.4 is 10.9 Å². The molecule has 0 aliphatic heterocycles. The lowest BCUT2D eigenvalue weighted by molar-refractivity contribution is -0.192. The fourth-order valence-electron chi connectivity index (χ4n) is 3.74. The number of halogens is 3.